The lowest BCUT2D eigenvalue weighted by Crippen LogP contribution is -1.99. The van der Waals surface area contributed by atoms with E-state index in [1.54, 1.807) is 24.3 Å². The molecule has 3 nitrogen and oxygen atoms in total. The highest BCUT2D eigenvalue weighted by atomic mass is 35.5. The van der Waals surface area contributed by atoms with Gasteiger partial charge in [-0.15, -0.1) is 0 Å². The second kappa shape index (κ2) is 6.49. The Morgan fingerprint density at radius 1 is 1.38 bits per heavy atom. The summed E-state index contributed by atoms with van der Waals surface area (Å²) in [7, 11) is 0. The first kappa shape index (κ1) is 16.3. The van der Waals surface area contributed by atoms with E-state index in [2.05, 4.69) is 6.58 Å². The van der Waals surface area contributed by atoms with E-state index >= 15 is 0 Å². The lowest BCUT2D eigenvalue weighted by Gasteiger charge is -2.06. The second-order valence-electron chi connectivity index (χ2n) is 5.48. The molecule has 0 radical (unpaired) electrons. The summed E-state index contributed by atoms with van der Waals surface area (Å²) in [5.41, 5.74) is 1.40. The summed E-state index contributed by atoms with van der Waals surface area (Å²) in [6.45, 7) is 5.99. The Morgan fingerprint density at radius 3 is 2.88 bits per heavy atom. The number of ether oxygens (including phenoxy) is 2. The summed E-state index contributed by atoms with van der Waals surface area (Å²) in [4.78, 5) is 12.4. The highest BCUT2D eigenvalue weighted by Gasteiger charge is 2.28. The number of ketones is 1. The van der Waals surface area contributed by atoms with Crippen molar-refractivity contribution in [2.45, 2.75) is 6.92 Å². The van der Waals surface area contributed by atoms with Gasteiger partial charge in [-0.05, 0) is 42.8 Å². The van der Waals surface area contributed by atoms with Gasteiger partial charge in [0.05, 0.1) is 10.6 Å². The maximum Gasteiger partial charge on any atom is 0.231 e. The average Bonchev–Trinajstić information content (AvgIpc) is 2.85. The molecule has 0 N–H and O–H groups in total. The van der Waals surface area contributed by atoms with Crippen LogP contribution in [0.4, 0.5) is 4.39 Å². The van der Waals surface area contributed by atoms with Gasteiger partial charge in [0, 0.05) is 11.6 Å². The van der Waals surface area contributed by atoms with Gasteiger partial charge in [-0.3, -0.25) is 4.79 Å². The van der Waals surface area contributed by atoms with Crippen LogP contribution in [0.25, 0.3) is 6.08 Å². The molecule has 0 fully saturated rings. The molecule has 5 heteroatoms. The molecular weight excluding hydrogens is 331 g/mol. The molecule has 0 unspecified atom stereocenters. The van der Waals surface area contributed by atoms with Crippen molar-refractivity contribution in [1.29, 1.82) is 0 Å². The van der Waals surface area contributed by atoms with Crippen LogP contribution in [0.15, 0.2) is 54.3 Å². The minimum absolute atomic E-state index is 0.0223. The maximum absolute atomic E-state index is 13.9. The van der Waals surface area contributed by atoms with Gasteiger partial charge < -0.3 is 9.47 Å². The number of fused-ring (bicyclic) bond motifs is 1. The van der Waals surface area contributed by atoms with Crippen LogP contribution < -0.4 is 9.47 Å². The van der Waals surface area contributed by atoms with Crippen LogP contribution in [0, 0.1) is 5.82 Å². The highest BCUT2D eigenvalue weighted by molar-refractivity contribution is 6.32. The van der Waals surface area contributed by atoms with Crippen molar-refractivity contribution in [3.8, 4) is 11.5 Å². The number of carbonyl (C=O) groups excluding carboxylic acids is 1. The van der Waals surface area contributed by atoms with Crippen LogP contribution in [0.3, 0.4) is 0 Å². The number of allylic oxidation sites excluding steroid dienone is 1. The Bertz CT molecular complexity index is 851. The fourth-order valence-corrected chi connectivity index (χ4v) is 2.46. The summed E-state index contributed by atoms with van der Waals surface area (Å²) in [5.74, 6) is 0.116. The number of halogens is 2. The first-order valence-electron chi connectivity index (χ1n) is 7.25. The number of hydrogen-bond donors (Lipinski definition) is 0. The first-order chi connectivity index (χ1) is 11.5. The molecule has 1 aliphatic heterocycles. The normalized spacial score (nSPS) is 14.5. The first-order valence-corrected chi connectivity index (χ1v) is 7.63. The largest absolute Gasteiger partial charge is 0.489 e. The Kier molecular flexibility index (Phi) is 4.40. The van der Waals surface area contributed by atoms with Gasteiger partial charge in [0.1, 0.15) is 23.9 Å². The quantitative estimate of drug-likeness (QED) is 0.575. The van der Waals surface area contributed by atoms with E-state index in [0.29, 0.717) is 23.7 Å². The molecule has 0 amide bonds. The predicted molar refractivity (Wildman–Crippen MR) is 91.1 cm³/mol. The Labute approximate surface area is 144 Å². The lowest BCUT2D eigenvalue weighted by atomic mass is 10.1. The summed E-state index contributed by atoms with van der Waals surface area (Å²) in [6.07, 6.45) is 1.31. The molecule has 1 heterocycles. The van der Waals surface area contributed by atoms with Crippen LogP contribution in [0.2, 0.25) is 5.02 Å². The van der Waals surface area contributed by atoms with Crippen molar-refractivity contribution in [3.63, 3.8) is 0 Å². The van der Waals surface area contributed by atoms with Crippen LogP contribution in [0.1, 0.15) is 22.8 Å². The number of benzene rings is 2. The Morgan fingerprint density at radius 2 is 2.17 bits per heavy atom. The van der Waals surface area contributed by atoms with E-state index in [0.717, 1.165) is 5.57 Å². The zero-order valence-corrected chi connectivity index (χ0v) is 13.7. The van der Waals surface area contributed by atoms with Crippen LogP contribution >= 0.6 is 11.6 Å². The maximum atomic E-state index is 13.9. The van der Waals surface area contributed by atoms with Crippen molar-refractivity contribution in [2.24, 2.45) is 0 Å². The van der Waals surface area contributed by atoms with Crippen molar-refractivity contribution in [1.82, 2.24) is 0 Å². The SMILES string of the molecule is C=C(C)COc1ccc2c(c1)O/C(=C/c1c(F)cccc1Cl)C2=O. The number of Topliss-reactive ketones (excluding diaryl/α,β-unsaturated/α-hetero) is 1. The Balaban J connectivity index is 1.90. The van der Waals surface area contributed by atoms with Gasteiger partial charge in [0.2, 0.25) is 5.78 Å². The molecule has 1 aliphatic rings. The van der Waals surface area contributed by atoms with E-state index in [9.17, 15) is 9.18 Å². The minimum Gasteiger partial charge on any atom is -0.489 e. The molecular formula is C19H14ClFO3. The fourth-order valence-electron chi connectivity index (χ4n) is 2.24. The lowest BCUT2D eigenvalue weighted by molar-refractivity contribution is 0.101. The molecule has 2 aromatic carbocycles. The van der Waals surface area contributed by atoms with Crippen LogP contribution in [0.5, 0.6) is 11.5 Å². The number of hydrogen-bond acceptors (Lipinski definition) is 3. The zero-order chi connectivity index (χ0) is 17.3. The molecule has 0 atom stereocenters. The van der Waals surface area contributed by atoms with E-state index < -0.39 is 5.82 Å². The molecule has 24 heavy (non-hydrogen) atoms. The molecule has 0 saturated heterocycles. The number of rotatable bonds is 4. The monoisotopic (exact) mass is 344 g/mol. The summed E-state index contributed by atoms with van der Waals surface area (Å²) >= 11 is 5.98. The summed E-state index contributed by atoms with van der Waals surface area (Å²) < 4.78 is 25.0. The average molecular weight is 345 g/mol. The summed E-state index contributed by atoms with van der Waals surface area (Å²) in [6, 6.07) is 9.25. The molecule has 2 aromatic rings. The van der Waals surface area contributed by atoms with E-state index in [4.69, 9.17) is 21.1 Å². The van der Waals surface area contributed by atoms with E-state index in [1.807, 2.05) is 6.92 Å². The van der Waals surface area contributed by atoms with Crippen molar-refractivity contribution in [3.05, 3.63) is 76.3 Å². The molecule has 0 spiro atoms. The third-order valence-corrected chi connectivity index (χ3v) is 3.73. The number of carbonyl (C=O) groups is 1. The van der Waals surface area contributed by atoms with E-state index in [-0.39, 0.29) is 22.1 Å². The van der Waals surface area contributed by atoms with Crippen LogP contribution in [-0.2, 0) is 0 Å². The van der Waals surface area contributed by atoms with E-state index in [1.165, 1.54) is 18.2 Å². The molecule has 0 aliphatic carbocycles. The second-order valence-corrected chi connectivity index (χ2v) is 5.89. The smallest absolute Gasteiger partial charge is 0.231 e. The third-order valence-electron chi connectivity index (χ3n) is 3.40. The van der Waals surface area contributed by atoms with Gasteiger partial charge in [0.15, 0.2) is 5.76 Å². The molecule has 122 valence electrons. The van der Waals surface area contributed by atoms with Gasteiger partial charge in [0.25, 0.3) is 0 Å². The van der Waals surface area contributed by atoms with Gasteiger partial charge in [-0.25, -0.2) is 4.39 Å². The van der Waals surface area contributed by atoms with Crippen molar-refractivity contribution in [2.75, 3.05) is 6.61 Å². The van der Waals surface area contributed by atoms with Crippen molar-refractivity contribution >= 4 is 23.5 Å². The topological polar surface area (TPSA) is 35.5 Å². The standard InChI is InChI=1S/C19H14ClFO3/c1-11(2)10-23-12-6-7-13-17(8-12)24-18(19(13)22)9-14-15(20)4-3-5-16(14)21/h3-9H,1,10H2,2H3/b18-9+. The molecule has 0 bridgehead atoms. The molecule has 0 aromatic heterocycles. The Hall–Kier alpha value is -2.59. The van der Waals surface area contributed by atoms with Crippen LogP contribution in [-0.4, -0.2) is 12.4 Å². The summed E-state index contributed by atoms with van der Waals surface area (Å²) in [5, 5.41) is 0.209. The van der Waals surface area contributed by atoms with Gasteiger partial charge >= 0.3 is 0 Å². The zero-order valence-electron chi connectivity index (χ0n) is 12.9. The molecule has 0 saturated carbocycles. The van der Waals surface area contributed by atoms with Gasteiger partial charge in [-0.2, -0.15) is 0 Å². The predicted octanol–water partition coefficient (Wildman–Crippen LogP) is 5.05. The molecule has 3 rings (SSSR count). The fraction of sp³-hybridized carbons (Fsp3) is 0.105. The minimum atomic E-state index is -0.521. The highest BCUT2D eigenvalue weighted by Crippen LogP contribution is 2.35. The third kappa shape index (κ3) is 3.19. The van der Waals surface area contributed by atoms with Crippen molar-refractivity contribution < 1.29 is 18.7 Å². The van der Waals surface area contributed by atoms with Gasteiger partial charge in [-0.1, -0.05) is 24.2 Å².